The first-order valence-corrected chi connectivity index (χ1v) is 7.45. The van der Waals surface area contributed by atoms with Crippen LogP contribution in [0.25, 0.3) is 0 Å². The first-order valence-electron chi connectivity index (χ1n) is 6.91. The maximum absolute atomic E-state index is 5.75. The predicted molar refractivity (Wildman–Crippen MR) is 78.8 cm³/mol. The lowest BCUT2D eigenvalue weighted by atomic mass is 9.86. The van der Waals surface area contributed by atoms with Gasteiger partial charge >= 0.3 is 0 Å². The Hall–Kier alpha value is -0.570. The zero-order valence-corrected chi connectivity index (χ0v) is 12.7. The van der Waals surface area contributed by atoms with Gasteiger partial charge in [-0.3, -0.25) is 0 Å². The second kappa shape index (κ2) is 6.25. The third-order valence-electron chi connectivity index (χ3n) is 3.47. The third-order valence-corrected chi connectivity index (χ3v) is 3.82. The molecule has 0 unspecified atom stereocenters. The Labute approximate surface area is 121 Å². The lowest BCUT2D eigenvalue weighted by Crippen LogP contribution is -2.14. The molecule has 1 aromatic rings. The molecule has 1 aliphatic heterocycles. The summed E-state index contributed by atoms with van der Waals surface area (Å²) >= 11 is 5.75. The van der Waals surface area contributed by atoms with Crippen molar-refractivity contribution in [2.75, 3.05) is 12.5 Å². The number of hydrogen-bond donors (Lipinski definition) is 0. The topological polar surface area (TPSA) is 18.5 Å². The van der Waals surface area contributed by atoms with Crippen LogP contribution in [0.5, 0.6) is 0 Å². The van der Waals surface area contributed by atoms with Crippen molar-refractivity contribution in [2.45, 2.75) is 51.4 Å². The predicted octanol–water partition coefficient (Wildman–Crippen LogP) is 3.90. The van der Waals surface area contributed by atoms with E-state index in [2.05, 4.69) is 45.0 Å². The normalized spacial score (nSPS) is 23.8. The van der Waals surface area contributed by atoms with Gasteiger partial charge in [-0.15, -0.1) is 11.6 Å². The zero-order valence-electron chi connectivity index (χ0n) is 12.0. The fourth-order valence-corrected chi connectivity index (χ4v) is 2.36. The van der Waals surface area contributed by atoms with Crippen molar-refractivity contribution in [1.82, 2.24) is 0 Å². The van der Waals surface area contributed by atoms with Crippen molar-refractivity contribution in [1.29, 1.82) is 0 Å². The average Bonchev–Trinajstić information content (AvgIpc) is 2.84. The van der Waals surface area contributed by atoms with Gasteiger partial charge in [-0.1, -0.05) is 45.0 Å². The fourth-order valence-electron chi connectivity index (χ4n) is 2.20. The number of benzene rings is 1. The quantitative estimate of drug-likeness (QED) is 0.780. The molecule has 0 N–H and O–H groups in total. The van der Waals surface area contributed by atoms with Crippen LogP contribution < -0.4 is 0 Å². The highest BCUT2D eigenvalue weighted by Gasteiger charge is 2.24. The molecule has 19 heavy (non-hydrogen) atoms. The minimum atomic E-state index is -0.0916. The lowest BCUT2D eigenvalue weighted by molar-refractivity contribution is -0.0582. The summed E-state index contributed by atoms with van der Waals surface area (Å²) < 4.78 is 11.2. The van der Waals surface area contributed by atoms with Gasteiger partial charge in [0.25, 0.3) is 0 Å². The van der Waals surface area contributed by atoms with Crippen LogP contribution in [-0.2, 0) is 21.3 Å². The molecular formula is C16H23ClO2. The van der Waals surface area contributed by atoms with E-state index in [1.165, 1.54) is 11.1 Å². The van der Waals surface area contributed by atoms with E-state index in [4.69, 9.17) is 21.1 Å². The van der Waals surface area contributed by atoms with Gasteiger partial charge in [-0.2, -0.15) is 0 Å². The van der Waals surface area contributed by atoms with Gasteiger partial charge in [0.2, 0.25) is 0 Å². The smallest absolute Gasteiger partial charge is 0.158 e. The molecule has 0 bridgehead atoms. The maximum atomic E-state index is 5.75. The van der Waals surface area contributed by atoms with Crippen LogP contribution >= 0.6 is 11.6 Å². The minimum absolute atomic E-state index is 0.0648. The van der Waals surface area contributed by atoms with Crippen molar-refractivity contribution in [3.63, 3.8) is 0 Å². The van der Waals surface area contributed by atoms with Gasteiger partial charge < -0.3 is 9.47 Å². The van der Waals surface area contributed by atoms with Crippen LogP contribution in [0.2, 0.25) is 0 Å². The highest BCUT2D eigenvalue weighted by atomic mass is 35.5. The van der Waals surface area contributed by atoms with Gasteiger partial charge in [0.05, 0.1) is 18.6 Å². The lowest BCUT2D eigenvalue weighted by Gasteiger charge is -2.19. The Morgan fingerprint density at radius 1 is 1.21 bits per heavy atom. The molecule has 0 aliphatic carbocycles. The van der Waals surface area contributed by atoms with E-state index >= 15 is 0 Å². The van der Waals surface area contributed by atoms with Gasteiger partial charge in [0, 0.05) is 6.42 Å². The van der Waals surface area contributed by atoms with Gasteiger partial charge in [0.1, 0.15) is 0 Å². The molecule has 1 saturated heterocycles. The van der Waals surface area contributed by atoms with Gasteiger partial charge in [-0.05, 0) is 23.0 Å². The zero-order chi connectivity index (χ0) is 13.9. The molecule has 1 fully saturated rings. The monoisotopic (exact) mass is 282 g/mol. The number of halogens is 1. The van der Waals surface area contributed by atoms with Crippen molar-refractivity contribution < 1.29 is 9.47 Å². The second-order valence-corrected chi connectivity index (χ2v) is 6.47. The summed E-state index contributed by atoms with van der Waals surface area (Å²) in [5, 5.41) is 0. The Balaban J connectivity index is 1.84. The summed E-state index contributed by atoms with van der Waals surface area (Å²) in [5.74, 6) is 0.511. The van der Waals surface area contributed by atoms with Crippen molar-refractivity contribution in [2.24, 2.45) is 0 Å². The molecular weight excluding hydrogens is 260 g/mol. The third kappa shape index (κ3) is 4.20. The first kappa shape index (κ1) is 14.8. The highest BCUT2D eigenvalue weighted by molar-refractivity contribution is 6.18. The summed E-state index contributed by atoms with van der Waals surface area (Å²) in [5.41, 5.74) is 2.91. The molecule has 0 saturated carbocycles. The molecule has 106 valence electrons. The number of alkyl halides is 1. The number of ether oxygens (including phenoxy) is 2. The van der Waals surface area contributed by atoms with E-state index in [0.29, 0.717) is 12.5 Å². The summed E-state index contributed by atoms with van der Waals surface area (Å²) in [4.78, 5) is 0. The van der Waals surface area contributed by atoms with Crippen LogP contribution in [0, 0.1) is 0 Å². The molecule has 2 atom stereocenters. The van der Waals surface area contributed by atoms with Gasteiger partial charge in [-0.25, -0.2) is 0 Å². The molecule has 0 amide bonds. The number of aryl methyl sites for hydroxylation is 1. The molecule has 1 aromatic carbocycles. The number of hydrogen-bond acceptors (Lipinski definition) is 2. The fraction of sp³-hybridized carbons (Fsp3) is 0.625. The van der Waals surface area contributed by atoms with E-state index in [-0.39, 0.29) is 17.8 Å². The van der Waals surface area contributed by atoms with E-state index in [9.17, 15) is 0 Å². The van der Waals surface area contributed by atoms with Crippen molar-refractivity contribution >= 4 is 11.6 Å². The second-order valence-electron chi connectivity index (χ2n) is 6.16. The molecule has 1 heterocycles. The van der Waals surface area contributed by atoms with Crippen molar-refractivity contribution in [3.05, 3.63) is 35.4 Å². The summed E-state index contributed by atoms with van der Waals surface area (Å²) in [7, 11) is 0. The maximum Gasteiger partial charge on any atom is 0.158 e. The Morgan fingerprint density at radius 2 is 1.89 bits per heavy atom. The van der Waals surface area contributed by atoms with E-state index < -0.39 is 0 Å². The molecule has 2 nitrogen and oxygen atoms in total. The molecule has 0 spiro atoms. The van der Waals surface area contributed by atoms with Gasteiger partial charge in [0.15, 0.2) is 6.29 Å². The van der Waals surface area contributed by atoms with Crippen molar-refractivity contribution in [3.8, 4) is 0 Å². The van der Waals surface area contributed by atoms with Crippen LogP contribution in [0.3, 0.4) is 0 Å². The Kier molecular flexibility index (Phi) is 4.88. The van der Waals surface area contributed by atoms with Crippen LogP contribution in [-0.4, -0.2) is 24.9 Å². The Bertz CT molecular complexity index is 394. The SMILES string of the molecule is CC(C)(C)c1ccc(CC[C@H]2OC[C@@H](CCl)O2)cc1. The van der Waals surface area contributed by atoms with Crippen LogP contribution in [0.15, 0.2) is 24.3 Å². The van der Waals surface area contributed by atoms with E-state index in [1.54, 1.807) is 0 Å². The average molecular weight is 283 g/mol. The standard InChI is InChI=1S/C16H23ClO2/c1-16(2,3)13-7-4-12(5-8-13)6-9-15-18-11-14(10-17)19-15/h4-5,7-8,14-15H,6,9-11H2,1-3H3/t14-,15+/m1/s1. The van der Waals surface area contributed by atoms with Crippen LogP contribution in [0.1, 0.15) is 38.3 Å². The van der Waals surface area contributed by atoms with Crippen LogP contribution in [0.4, 0.5) is 0 Å². The summed E-state index contributed by atoms with van der Waals surface area (Å²) in [6, 6.07) is 8.84. The summed E-state index contributed by atoms with van der Waals surface area (Å²) in [6.45, 7) is 7.31. The molecule has 0 radical (unpaired) electrons. The Morgan fingerprint density at radius 3 is 2.42 bits per heavy atom. The number of rotatable bonds is 4. The highest BCUT2D eigenvalue weighted by Crippen LogP contribution is 2.23. The molecule has 1 aliphatic rings. The molecule has 2 rings (SSSR count). The first-order chi connectivity index (χ1) is 8.99. The summed E-state index contributed by atoms with van der Waals surface area (Å²) in [6.07, 6.45) is 1.84. The minimum Gasteiger partial charge on any atom is -0.350 e. The molecule has 3 heteroatoms. The van der Waals surface area contributed by atoms with E-state index in [1.807, 2.05) is 0 Å². The molecule has 0 aromatic heterocycles. The van der Waals surface area contributed by atoms with E-state index in [0.717, 1.165) is 12.8 Å². The largest absolute Gasteiger partial charge is 0.350 e.